The van der Waals surface area contributed by atoms with Crippen LogP contribution in [0.2, 0.25) is 4.63 Å². The summed E-state index contributed by atoms with van der Waals surface area (Å²) >= 11 is -4.70. The van der Waals surface area contributed by atoms with Crippen LogP contribution in [0.15, 0.2) is 69.5 Å². The summed E-state index contributed by atoms with van der Waals surface area (Å²) in [5, 5.41) is 0. The van der Waals surface area contributed by atoms with E-state index < -0.39 is 18.3 Å². The van der Waals surface area contributed by atoms with Gasteiger partial charge in [0, 0.05) is 0 Å². The van der Waals surface area contributed by atoms with Crippen molar-refractivity contribution in [3.63, 3.8) is 0 Å². The molecule has 0 nitrogen and oxygen atoms in total. The van der Waals surface area contributed by atoms with Crippen LogP contribution in [-0.4, -0.2) is 4.21 Å². The van der Waals surface area contributed by atoms with Crippen molar-refractivity contribution in [2.75, 3.05) is 0 Å². The molecule has 292 valence electrons. The van der Waals surface area contributed by atoms with Crippen molar-refractivity contribution in [2.45, 2.75) is 163 Å². The van der Waals surface area contributed by atoms with Gasteiger partial charge < -0.3 is 0 Å². The third-order valence-corrected chi connectivity index (χ3v) is 26.8. The summed E-state index contributed by atoms with van der Waals surface area (Å²) in [4.78, 5) is 0. The molecule has 0 amide bonds. The molecule has 3 aromatic carbocycles. The standard InChI is InChI=1S/C29H41.C13H21.C6H5.CH3.CH2.2ClH.Zr/c1-26(2,3)22-14-18-13-19-15-23(27(4,5)6)25(29(10,11)12)17-21(19)20(18)16-24(22)28(7,8)9;1-5-6-7-11-8-9-12(10-11)13(2,3)4;1-2-4-6-5-3-1;;;;;/h14,16-17H,13H2,1-12H3;9-11H,5-7H2,1-4H3;1-5H;1H3;1H2;2*1H;. The molecule has 3 aromatic rings. The van der Waals surface area contributed by atoms with E-state index in [0.717, 1.165) is 6.42 Å². The zero-order valence-electron chi connectivity index (χ0n) is 36.7. The number of hydrogen-bond donors (Lipinski definition) is 0. The van der Waals surface area contributed by atoms with Gasteiger partial charge in [0.1, 0.15) is 0 Å². The van der Waals surface area contributed by atoms with Crippen LogP contribution in [0.25, 0.3) is 11.1 Å². The fourth-order valence-electron chi connectivity index (χ4n) is 9.54. The molecule has 0 spiro atoms. The molecule has 53 heavy (non-hydrogen) atoms. The van der Waals surface area contributed by atoms with Crippen molar-refractivity contribution in [3.8, 4) is 11.1 Å². The predicted molar refractivity (Wildman–Crippen MR) is 241 cm³/mol. The Morgan fingerprint density at radius 2 is 1.17 bits per heavy atom. The molecule has 0 aliphatic heterocycles. The maximum atomic E-state index is 5.86. The van der Waals surface area contributed by atoms with E-state index in [2.05, 4.69) is 176 Å². The van der Waals surface area contributed by atoms with E-state index in [1.54, 1.807) is 17.7 Å². The monoisotopic (exact) mass is 834 g/mol. The minimum atomic E-state index is -4.70. The van der Waals surface area contributed by atoms with Gasteiger partial charge in [-0.05, 0) is 0 Å². The Labute approximate surface area is 339 Å². The first-order chi connectivity index (χ1) is 23.1. The van der Waals surface area contributed by atoms with E-state index in [0.29, 0.717) is 5.92 Å². The number of fused-ring (bicyclic) bond motifs is 3. The van der Waals surface area contributed by atoms with Gasteiger partial charge in [0.2, 0.25) is 0 Å². The Kier molecular flexibility index (Phi) is 12.8. The minimum absolute atomic E-state index is 0. The molecular weight excluding hydrogens is 763 g/mol. The SMILES string of the molecule is Cl.Cl.[CH2]=[Zr]([CH3])([C]1=CC(C(C)(C)C)=CC1CCCC)([c]1ccccc1)[c]1c2c(cc(C(C)(C)C)c1C(C)(C)C)-c1cc(C(C)(C)C)c(C(C)(C)C)cc1C2. The number of rotatable bonds is 6. The van der Waals surface area contributed by atoms with Crippen molar-refractivity contribution in [1.29, 1.82) is 0 Å². The Balaban J connectivity index is 0.00000378. The van der Waals surface area contributed by atoms with Crippen LogP contribution in [0.1, 0.15) is 163 Å². The van der Waals surface area contributed by atoms with Crippen LogP contribution in [0.4, 0.5) is 0 Å². The Bertz CT molecular complexity index is 1970. The van der Waals surface area contributed by atoms with Crippen LogP contribution >= 0.6 is 24.8 Å². The van der Waals surface area contributed by atoms with E-state index in [1.807, 2.05) is 0 Å². The molecule has 3 heteroatoms. The van der Waals surface area contributed by atoms with E-state index in [-0.39, 0.29) is 51.9 Å². The first-order valence-electron chi connectivity index (χ1n) is 20.1. The molecule has 5 rings (SSSR count). The molecule has 1 unspecified atom stereocenters. The van der Waals surface area contributed by atoms with Gasteiger partial charge in [-0.25, -0.2) is 0 Å². The average Bonchev–Trinajstić information content (AvgIpc) is 3.59. The predicted octanol–water partition coefficient (Wildman–Crippen LogP) is 14.1. The molecular formula is C50H74Cl2Zr. The molecule has 0 heterocycles. The molecule has 0 saturated carbocycles. The second-order valence-corrected chi connectivity index (χ2v) is 36.0. The summed E-state index contributed by atoms with van der Waals surface area (Å²) < 4.78 is 13.4. The second kappa shape index (κ2) is 14.8. The van der Waals surface area contributed by atoms with Crippen molar-refractivity contribution in [2.24, 2.45) is 11.3 Å². The number of unbranched alkanes of at least 4 members (excludes halogenated alkanes) is 1. The molecule has 0 N–H and O–H groups in total. The van der Waals surface area contributed by atoms with Crippen molar-refractivity contribution in [1.82, 2.24) is 0 Å². The molecule has 0 bridgehead atoms. The number of allylic oxidation sites excluding steroid dienone is 4. The summed E-state index contributed by atoms with van der Waals surface area (Å²) in [6.45, 7) is 38.6. The van der Waals surface area contributed by atoms with E-state index in [1.165, 1.54) is 61.5 Å². The second-order valence-electron chi connectivity index (χ2n) is 22.0. The van der Waals surface area contributed by atoms with Gasteiger partial charge in [-0.15, -0.1) is 24.8 Å². The van der Waals surface area contributed by atoms with Gasteiger partial charge in [-0.3, -0.25) is 0 Å². The van der Waals surface area contributed by atoms with Crippen LogP contribution in [0, 0.1) is 11.3 Å². The van der Waals surface area contributed by atoms with Gasteiger partial charge in [0.05, 0.1) is 0 Å². The van der Waals surface area contributed by atoms with Gasteiger partial charge in [0.25, 0.3) is 0 Å². The molecule has 0 saturated heterocycles. The van der Waals surface area contributed by atoms with Gasteiger partial charge in [-0.2, -0.15) is 0 Å². The first kappa shape index (κ1) is 45.9. The van der Waals surface area contributed by atoms with Crippen LogP contribution < -0.4 is 6.54 Å². The van der Waals surface area contributed by atoms with Crippen LogP contribution in [0.3, 0.4) is 0 Å². The summed E-state index contributed by atoms with van der Waals surface area (Å²) in [7, 11) is 0. The van der Waals surface area contributed by atoms with Crippen molar-refractivity contribution in [3.05, 3.63) is 103 Å². The summed E-state index contributed by atoms with van der Waals surface area (Å²) in [5.41, 5.74) is 13.6. The van der Waals surface area contributed by atoms with Crippen molar-refractivity contribution < 1.29 is 18.3 Å². The number of hydrogen-bond acceptors (Lipinski definition) is 0. The fraction of sp³-hybridized carbons (Fsp3) is 0.540. The van der Waals surface area contributed by atoms with Crippen molar-refractivity contribution >= 4 is 35.6 Å². The first-order valence-corrected chi connectivity index (χ1v) is 27.9. The molecule has 0 aromatic heterocycles. The zero-order valence-corrected chi connectivity index (χ0v) is 40.8. The Morgan fingerprint density at radius 3 is 1.64 bits per heavy atom. The van der Waals surface area contributed by atoms with E-state index in [4.69, 9.17) is 4.21 Å². The fourth-order valence-corrected chi connectivity index (χ4v) is 24.3. The molecule has 0 radical (unpaired) electrons. The third-order valence-electron chi connectivity index (χ3n) is 12.3. The van der Waals surface area contributed by atoms with E-state index in [9.17, 15) is 0 Å². The van der Waals surface area contributed by atoms with Gasteiger partial charge in [-0.1, -0.05) is 0 Å². The van der Waals surface area contributed by atoms with E-state index >= 15 is 0 Å². The number of benzene rings is 3. The Hall–Kier alpha value is -1.53. The normalized spacial score (nSPS) is 16.7. The summed E-state index contributed by atoms with van der Waals surface area (Å²) in [6.07, 6.45) is 9.97. The number of halogens is 2. The maximum absolute atomic E-state index is 5.86. The van der Waals surface area contributed by atoms with Gasteiger partial charge >= 0.3 is 317 Å². The van der Waals surface area contributed by atoms with Crippen LogP contribution in [0.5, 0.6) is 0 Å². The van der Waals surface area contributed by atoms with Crippen LogP contribution in [-0.2, 0) is 46.4 Å². The zero-order chi connectivity index (χ0) is 38.4. The Morgan fingerprint density at radius 1 is 0.660 bits per heavy atom. The average molecular weight is 837 g/mol. The molecule has 0 fully saturated rings. The third kappa shape index (κ3) is 8.17. The van der Waals surface area contributed by atoms with Gasteiger partial charge in [0.15, 0.2) is 0 Å². The summed E-state index contributed by atoms with van der Waals surface area (Å²) in [5.74, 6) is 0.415. The summed E-state index contributed by atoms with van der Waals surface area (Å²) in [6, 6.07) is 19.6. The quantitative estimate of drug-likeness (QED) is 0.181. The topological polar surface area (TPSA) is 0 Å². The molecule has 1 atom stereocenters. The molecule has 2 aliphatic rings. The molecule has 2 aliphatic carbocycles.